The number of ether oxygens (including phenoxy) is 1. The number of aliphatic hydroxyl groups is 2. The summed E-state index contributed by atoms with van der Waals surface area (Å²) < 4.78 is 5.12. The molecule has 0 atom stereocenters. The Bertz CT molecular complexity index is 167. The largest absolute Gasteiger partial charge is 0.395 e. The highest BCUT2D eigenvalue weighted by atomic mass is 16.5. The first kappa shape index (κ1) is 18.8. The van der Waals surface area contributed by atoms with Crippen molar-refractivity contribution >= 4 is 0 Å². The molecule has 0 aromatic rings. The monoisotopic (exact) mass is 276 g/mol. The molecule has 5 heteroatoms. The van der Waals surface area contributed by atoms with Crippen molar-refractivity contribution in [2.75, 3.05) is 65.7 Å². The van der Waals surface area contributed by atoms with Crippen molar-refractivity contribution in [1.29, 1.82) is 0 Å². The van der Waals surface area contributed by atoms with Crippen LogP contribution < -0.4 is 0 Å². The molecule has 0 amide bonds. The Kier molecular flexibility index (Phi) is 14.1. The molecule has 0 aromatic carbocycles. The first-order chi connectivity index (χ1) is 9.36. The Hall–Kier alpha value is -0.200. The number of morpholine rings is 1. The van der Waals surface area contributed by atoms with E-state index in [1.54, 1.807) is 0 Å². The van der Waals surface area contributed by atoms with Crippen LogP contribution in [0.1, 0.15) is 26.7 Å². The van der Waals surface area contributed by atoms with Gasteiger partial charge in [0.05, 0.1) is 26.4 Å². The maximum absolute atomic E-state index is 8.54. The van der Waals surface area contributed by atoms with E-state index in [1.165, 1.54) is 25.9 Å². The van der Waals surface area contributed by atoms with Gasteiger partial charge in [0, 0.05) is 26.2 Å². The fourth-order valence-corrected chi connectivity index (χ4v) is 2.11. The van der Waals surface area contributed by atoms with Crippen molar-refractivity contribution in [3.05, 3.63) is 0 Å². The van der Waals surface area contributed by atoms with E-state index in [9.17, 15) is 0 Å². The third-order valence-corrected chi connectivity index (χ3v) is 3.13. The number of β-amino-alcohol motifs (C(OH)–C–C–N with tert-alkyl or cyclic N) is 2. The zero-order valence-corrected chi connectivity index (χ0v) is 12.7. The molecule has 0 radical (unpaired) electrons. The summed E-state index contributed by atoms with van der Waals surface area (Å²) in [7, 11) is 0. The zero-order chi connectivity index (χ0) is 14.3. The van der Waals surface area contributed by atoms with Gasteiger partial charge in [-0.05, 0) is 25.9 Å². The lowest BCUT2D eigenvalue weighted by Crippen LogP contribution is -2.37. The molecule has 0 aromatic heterocycles. The summed E-state index contributed by atoms with van der Waals surface area (Å²) in [4.78, 5) is 4.49. The van der Waals surface area contributed by atoms with Crippen LogP contribution in [0.3, 0.4) is 0 Å². The lowest BCUT2D eigenvalue weighted by Gasteiger charge is -2.25. The fourth-order valence-electron chi connectivity index (χ4n) is 2.11. The number of likely N-dealkylation sites (tertiary alicyclic amines) is 1. The van der Waals surface area contributed by atoms with Crippen molar-refractivity contribution in [2.24, 2.45) is 0 Å². The lowest BCUT2D eigenvalue weighted by atomic mass is 10.4. The number of hydrogen-bond acceptors (Lipinski definition) is 5. The molecule has 2 saturated heterocycles. The Morgan fingerprint density at radius 3 is 1.63 bits per heavy atom. The average Bonchev–Trinajstić information content (AvgIpc) is 2.97. The minimum Gasteiger partial charge on any atom is -0.395 e. The van der Waals surface area contributed by atoms with Gasteiger partial charge in [-0.25, -0.2) is 0 Å². The predicted molar refractivity (Wildman–Crippen MR) is 78.5 cm³/mol. The summed E-state index contributed by atoms with van der Waals surface area (Å²) in [5, 5.41) is 17.0. The molecule has 2 fully saturated rings. The van der Waals surface area contributed by atoms with Gasteiger partial charge in [0.15, 0.2) is 0 Å². The maximum Gasteiger partial charge on any atom is 0.0594 e. The Balaban J connectivity index is 0.000000303. The molecule has 2 aliphatic rings. The van der Waals surface area contributed by atoms with Crippen molar-refractivity contribution < 1.29 is 14.9 Å². The van der Waals surface area contributed by atoms with E-state index in [0.29, 0.717) is 6.61 Å². The van der Waals surface area contributed by atoms with Gasteiger partial charge in [-0.3, -0.25) is 4.90 Å². The van der Waals surface area contributed by atoms with Gasteiger partial charge >= 0.3 is 0 Å². The summed E-state index contributed by atoms with van der Waals surface area (Å²) in [6, 6.07) is 0. The van der Waals surface area contributed by atoms with E-state index in [-0.39, 0.29) is 6.61 Å². The molecule has 2 aliphatic heterocycles. The van der Waals surface area contributed by atoms with Crippen LogP contribution in [0.2, 0.25) is 0 Å². The summed E-state index contributed by atoms with van der Waals surface area (Å²) in [6.07, 6.45) is 2.64. The van der Waals surface area contributed by atoms with Crippen LogP contribution in [0, 0.1) is 0 Å². The van der Waals surface area contributed by atoms with Crippen LogP contribution in [0.25, 0.3) is 0 Å². The van der Waals surface area contributed by atoms with Crippen molar-refractivity contribution in [3.8, 4) is 0 Å². The second-order valence-electron chi connectivity index (χ2n) is 4.45. The molecule has 5 nitrogen and oxygen atoms in total. The first-order valence-electron chi connectivity index (χ1n) is 7.61. The molecule has 0 spiro atoms. The molecule has 0 aliphatic carbocycles. The molecular weight excluding hydrogens is 244 g/mol. The number of hydrogen-bond donors (Lipinski definition) is 2. The van der Waals surface area contributed by atoms with Crippen molar-refractivity contribution in [1.82, 2.24) is 9.80 Å². The van der Waals surface area contributed by atoms with E-state index >= 15 is 0 Å². The smallest absolute Gasteiger partial charge is 0.0594 e. The second-order valence-corrected chi connectivity index (χ2v) is 4.45. The van der Waals surface area contributed by atoms with Crippen LogP contribution in [-0.4, -0.2) is 85.7 Å². The number of rotatable bonds is 4. The Morgan fingerprint density at radius 2 is 1.21 bits per heavy atom. The minimum atomic E-state index is 0.264. The predicted octanol–water partition coefficient (Wildman–Crippen LogP) is 0.412. The summed E-state index contributed by atoms with van der Waals surface area (Å²) in [5.74, 6) is 0. The zero-order valence-electron chi connectivity index (χ0n) is 12.7. The highest BCUT2D eigenvalue weighted by Gasteiger charge is 2.09. The summed E-state index contributed by atoms with van der Waals surface area (Å²) in [5.41, 5.74) is 0. The highest BCUT2D eigenvalue weighted by Crippen LogP contribution is 2.05. The SMILES string of the molecule is CC.OCCN1CCCC1.OCCN1CCOCC1. The minimum absolute atomic E-state index is 0.264. The van der Waals surface area contributed by atoms with Gasteiger partial charge in [-0.15, -0.1) is 0 Å². The van der Waals surface area contributed by atoms with E-state index in [1.807, 2.05) is 13.8 Å². The third-order valence-electron chi connectivity index (χ3n) is 3.13. The molecule has 2 N–H and O–H groups in total. The molecule has 19 heavy (non-hydrogen) atoms. The van der Waals surface area contributed by atoms with Crippen LogP contribution >= 0.6 is 0 Å². The Morgan fingerprint density at radius 1 is 0.789 bits per heavy atom. The fraction of sp³-hybridized carbons (Fsp3) is 1.00. The van der Waals surface area contributed by atoms with Crippen molar-refractivity contribution in [2.45, 2.75) is 26.7 Å². The van der Waals surface area contributed by atoms with E-state index in [0.717, 1.165) is 39.4 Å². The van der Waals surface area contributed by atoms with E-state index < -0.39 is 0 Å². The van der Waals surface area contributed by atoms with Gasteiger partial charge in [0.2, 0.25) is 0 Å². The Labute approximate surface area is 118 Å². The second kappa shape index (κ2) is 14.2. The molecule has 0 unspecified atom stereocenters. The van der Waals surface area contributed by atoms with Crippen LogP contribution in [0.5, 0.6) is 0 Å². The molecule has 2 heterocycles. The third kappa shape index (κ3) is 10.3. The lowest BCUT2D eigenvalue weighted by molar-refractivity contribution is 0.0306. The van der Waals surface area contributed by atoms with E-state index in [4.69, 9.17) is 14.9 Å². The topological polar surface area (TPSA) is 56.2 Å². The van der Waals surface area contributed by atoms with Gasteiger partial charge in [0.25, 0.3) is 0 Å². The van der Waals surface area contributed by atoms with Gasteiger partial charge in [0.1, 0.15) is 0 Å². The molecule has 2 rings (SSSR count). The summed E-state index contributed by atoms with van der Waals surface area (Å²) >= 11 is 0. The van der Waals surface area contributed by atoms with Crippen LogP contribution in [-0.2, 0) is 4.74 Å². The van der Waals surface area contributed by atoms with E-state index in [2.05, 4.69) is 9.80 Å². The van der Waals surface area contributed by atoms with Crippen LogP contribution in [0.15, 0.2) is 0 Å². The molecule has 0 saturated carbocycles. The average molecular weight is 276 g/mol. The molecule has 0 bridgehead atoms. The van der Waals surface area contributed by atoms with Crippen LogP contribution in [0.4, 0.5) is 0 Å². The number of nitrogens with zero attached hydrogens (tertiary/aromatic N) is 2. The highest BCUT2D eigenvalue weighted by molar-refractivity contribution is 4.64. The first-order valence-corrected chi connectivity index (χ1v) is 7.61. The van der Waals surface area contributed by atoms with Crippen molar-refractivity contribution in [3.63, 3.8) is 0 Å². The number of aliphatic hydroxyl groups excluding tert-OH is 2. The molecule has 116 valence electrons. The summed E-state index contributed by atoms with van der Waals surface area (Å²) in [6.45, 7) is 12.2. The maximum atomic E-state index is 8.54. The molecular formula is C14H32N2O3. The standard InChI is InChI=1S/C6H13NO2.C6H13NO.C2H6/c8-4-1-7-2-5-9-6-3-7;8-6-5-7-3-1-2-4-7;1-2/h8H,1-6H2;8H,1-6H2;1-2H3. The van der Waals surface area contributed by atoms with Gasteiger partial charge in [-0.1, -0.05) is 13.8 Å². The quantitative estimate of drug-likeness (QED) is 0.779. The van der Waals surface area contributed by atoms with Gasteiger partial charge < -0.3 is 19.8 Å². The normalized spacial score (nSPS) is 20.2. The van der Waals surface area contributed by atoms with Gasteiger partial charge in [-0.2, -0.15) is 0 Å².